The topological polar surface area (TPSA) is 42.0 Å². The molecule has 19 heavy (non-hydrogen) atoms. The molecule has 0 saturated carbocycles. The molecule has 1 aromatic carbocycles. The normalized spacial score (nSPS) is 26.9. The zero-order valence-corrected chi connectivity index (χ0v) is 11.4. The van der Waals surface area contributed by atoms with Gasteiger partial charge >= 0.3 is 0 Å². The average Bonchev–Trinajstić information content (AvgIpc) is 3.09. The van der Waals surface area contributed by atoms with Crippen molar-refractivity contribution >= 4 is 0 Å². The fourth-order valence-electron chi connectivity index (χ4n) is 2.11. The van der Waals surface area contributed by atoms with Crippen molar-refractivity contribution in [3.8, 4) is 0 Å². The minimum absolute atomic E-state index is 0.176. The van der Waals surface area contributed by atoms with E-state index in [0.29, 0.717) is 19.6 Å². The summed E-state index contributed by atoms with van der Waals surface area (Å²) < 4.78 is 11.0. The van der Waals surface area contributed by atoms with Crippen LogP contribution in [0, 0.1) is 0 Å². The first-order valence-corrected chi connectivity index (χ1v) is 6.75. The Morgan fingerprint density at radius 1 is 1.47 bits per heavy atom. The lowest BCUT2D eigenvalue weighted by Gasteiger charge is -2.10. The highest BCUT2D eigenvalue weighted by Crippen LogP contribution is 2.40. The Morgan fingerprint density at radius 3 is 2.84 bits per heavy atom. The van der Waals surface area contributed by atoms with Crippen molar-refractivity contribution in [1.29, 1.82) is 0 Å². The zero-order chi connectivity index (χ0) is 13.7. The van der Waals surface area contributed by atoms with E-state index in [1.165, 1.54) is 0 Å². The van der Waals surface area contributed by atoms with Gasteiger partial charge in [0.1, 0.15) is 5.60 Å². The van der Waals surface area contributed by atoms with Gasteiger partial charge in [0.25, 0.3) is 0 Å². The van der Waals surface area contributed by atoms with Gasteiger partial charge in [0.05, 0.1) is 25.4 Å². The molecule has 1 N–H and O–H groups in total. The van der Waals surface area contributed by atoms with E-state index in [4.69, 9.17) is 9.47 Å². The number of hydrogen-bond acceptors (Lipinski definition) is 3. The lowest BCUT2D eigenvalue weighted by atomic mass is 10.0. The first kappa shape index (κ1) is 14.3. The number of hydrogen-bond donors (Lipinski definition) is 1. The molecule has 0 aromatic heterocycles. The van der Waals surface area contributed by atoms with Crippen molar-refractivity contribution in [1.82, 2.24) is 0 Å². The maximum atomic E-state index is 9.84. The Labute approximate surface area is 114 Å². The summed E-state index contributed by atoms with van der Waals surface area (Å²) in [5.74, 6) is 0. The third-order valence-electron chi connectivity index (χ3n) is 3.57. The van der Waals surface area contributed by atoms with E-state index < -0.39 is 6.10 Å². The second-order valence-electron chi connectivity index (χ2n) is 5.23. The maximum Gasteiger partial charge on any atom is 0.110 e. The molecule has 3 nitrogen and oxygen atoms in total. The Hall–Kier alpha value is -1.16. The molecule has 0 aliphatic carbocycles. The van der Waals surface area contributed by atoms with Crippen molar-refractivity contribution < 1.29 is 14.6 Å². The van der Waals surface area contributed by atoms with Gasteiger partial charge in [0.2, 0.25) is 0 Å². The van der Waals surface area contributed by atoms with Crippen LogP contribution in [0.15, 0.2) is 43.0 Å². The number of aliphatic hydroxyl groups is 1. The molecule has 1 aliphatic heterocycles. The van der Waals surface area contributed by atoms with Crippen LogP contribution in [0.3, 0.4) is 0 Å². The van der Waals surface area contributed by atoms with E-state index in [1.54, 1.807) is 0 Å². The van der Waals surface area contributed by atoms with Crippen LogP contribution in [0.1, 0.15) is 25.3 Å². The molecular weight excluding hydrogens is 240 g/mol. The van der Waals surface area contributed by atoms with E-state index in [-0.39, 0.29) is 11.7 Å². The minimum atomic E-state index is -0.429. The van der Waals surface area contributed by atoms with Gasteiger partial charge in [-0.15, -0.1) is 6.58 Å². The molecule has 0 spiro atoms. The Balaban J connectivity index is 1.58. The van der Waals surface area contributed by atoms with Crippen molar-refractivity contribution in [3.63, 3.8) is 0 Å². The van der Waals surface area contributed by atoms with Gasteiger partial charge < -0.3 is 14.6 Å². The van der Waals surface area contributed by atoms with Crippen molar-refractivity contribution in [2.75, 3.05) is 6.61 Å². The molecule has 3 heteroatoms. The minimum Gasteiger partial charge on any atom is -0.391 e. The summed E-state index contributed by atoms with van der Waals surface area (Å²) in [7, 11) is 0. The largest absolute Gasteiger partial charge is 0.391 e. The molecule has 0 amide bonds. The van der Waals surface area contributed by atoms with Crippen LogP contribution >= 0.6 is 0 Å². The molecule has 1 saturated heterocycles. The number of epoxide rings is 1. The molecule has 0 bridgehead atoms. The van der Waals surface area contributed by atoms with E-state index in [0.717, 1.165) is 12.0 Å². The summed E-state index contributed by atoms with van der Waals surface area (Å²) in [6.07, 6.45) is 3.15. The maximum absolute atomic E-state index is 9.84. The second kappa shape index (κ2) is 6.33. The lowest BCUT2D eigenvalue weighted by molar-refractivity contribution is 0.0227. The van der Waals surface area contributed by atoms with Crippen LogP contribution in [-0.4, -0.2) is 29.5 Å². The van der Waals surface area contributed by atoms with Crippen molar-refractivity contribution in [2.45, 2.75) is 44.2 Å². The highest BCUT2D eigenvalue weighted by atomic mass is 16.6. The van der Waals surface area contributed by atoms with E-state index in [1.807, 2.05) is 43.3 Å². The van der Waals surface area contributed by atoms with Crippen LogP contribution in [0.25, 0.3) is 0 Å². The fourth-order valence-corrected chi connectivity index (χ4v) is 2.11. The van der Waals surface area contributed by atoms with Crippen molar-refractivity contribution in [2.24, 2.45) is 0 Å². The first-order chi connectivity index (χ1) is 9.14. The first-order valence-electron chi connectivity index (χ1n) is 6.75. The Morgan fingerprint density at radius 2 is 2.21 bits per heavy atom. The van der Waals surface area contributed by atoms with Crippen LogP contribution in [0.4, 0.5) is 0 Å². The van der Waals surface area contributed by atoms with E-state index >= 15 is 0 Å². The Kier molecular flexibility index (Phi) is 4.75. The molecule has 104 valence electrons. The SMILES string of the molecule is C=C[C@@]1(C)O[C@H]1CC[C@@H](O)COCc1ccccc1. The molecule has 1 aromatic rings. The molecule has 1 fully saturated rings. The average molecular weight is 262 g/mol. The molecular formula is C16H22O3. The van der Waals surface area contributed by atoms with Crippen LogP contribution < -0.4 is 0 Å². The van der Waals surface area contributed by atoms with Gasteiger partial charge in [-0.3, -0.25) is 0 Å². The lowest BCUT2D eigenvalue weighted by Crippen LogP contribution is -2.17. The number of aliphatic hydroxyl groups excluding tert-OH is 1. The standard InChI is InChI=1S/C16H22O3/c1-3-16(2)15(19-16)10-9-14(17)12-18-11-13-7-5-4-6-8-13/h3-8,14-15,17H,1,9-12H2,2H3/t14-,15+,16-/m1/s1. The number of benzene rings is 1. The molecule has 2 rings (SSSR count). The summed E-state index contributed by atoms with van der Waals surface area (Å²) in [6.45, 7) is 6.67. The summed E-state index contributed by atoms with van der Waals surface area (Å²) in [5.41, 5.74) is 0.949. The molecule has 1 heterocycles. The van der Waals surface area contributed by atoms with E-state index in [2.05, 4.69) is 6.58 Å². The summed E-state index contributed by atoms with van der Waals surface area (Å²) in [4.78, 5) is 0. The van der Waals surface area contributed by atoms with Crippen LogP contribution in [0.2, 0.25) is 0 Å². The van der Waals surface area contributed by atoms with Crippen LogP contribution in [-0.2, 0) is 16.1 Å². The van der Waals surface area contributed by atoms with Crippen LogP contribution in [0.5, 0.6) is 0 Å². The third kappa shape index (κ3) is 4.16. The highest BCUT2D eigenvalue weighted by molar-refractivity contribution is 5.13. The molecule has 0 radical (unpaired) electrons. The smallest absolute Gasteiger partial charge is 0.110 e. The second-order valence-corrected chi connectivity index (χ2v) is 5.23. The predicted octanol–water partition coefficient (Wildman–Crippen LogP) is 2.69. The zero-order valence-electron chi connectivity index (χ0n) is 11.4. The highest BCUT2D eigenvalue weighted by Gasteiger charge is 2.48. The van der Waals surface area contributed by atoms with Gasteiger partial charge in [-0.25, -0.2) is 0 Å². The van der Waals surface area contributed by atoms with Gasteiger partial charge in [-0.2, -0.15) is 0 Å². The molecule has 1 aliphatic rings. The van der Waals surface area contributed by atoms with Gasteiger partial charge in [0.15, 0.2) is 0 Å². The summed E-state index contributed by atoms with van der Waals surface area (Å²) in [5, 5.41) is 9.84. The van der Waals surface area contributed by atoms with Gasteiger partial charge in [-0.05, 0) is 25.3 Å². The third-order valence-corrected chi connectivity index (χ3v) is 3.57. The summed E-state index contributed by atoms with van der Waals surface area (Å²) in [6, 6.07) is 9.97. The summed E-state index contributed by atoms with van der Waals surface area (Å²) >= 11 is 0. The predicted molar refractivity (Wildman–Crippen MR) is 74.8 cm³/mol. The molecule has 0 unspecified atom stereocenters. The number of ether oxygens (including phenoxy) is 2. The Bertz CT molecular complexity index is 404. The quantitative estimate of drug-likeness (QED) is 0.578. The van der Waals surface area contributed by atoms with Crippen molar-refractivity contribution in [3.05, 3.63) is 48.6 Å². The van der Waals surface area contributed by atoms with Gasteiger partial charge in [-0.1, -0.05) is 36.4 Å². The number of rotatable bonds is 8. The van der Waals surface area contributed by atoms with E-state index in [9.17, 15) is 5.11 Å². The molecule has 3 atom stereocenters. The monoisotopic (exact) mass is 262 g/mol. The fraction of sp³-hybridized carbons (Fsp3) is 0.500. The van der Waals surface area contributed by atoms with Gasteiger partial charge in [0, 0.05) is 0 Å².